The van der Waals surface area contributed by atoms with Crippen molar-refractivity contribution in [1.29, 1.82) is 0 Å². The lowest BCUT2D eigenvalue weighted by Gasteiger charge is -2.37. The number of hydrogen-bond acceptors (Lipinski definition) is 2. The molecular weight excluding hydrogens is 681 g/mol. The largest absolute Gasteiger partial charge is 0.369 e. The van der Waals surface area contributed by atoms with E-state index >= 15 is 0 Å². The molecule has 0 bridgehead atoms. The van der Waals surface area contributed by atoms with Crippen LogP contribution in [0.15, 0.2) is 182 Å². The average Bonchev–Trinajstić information content (AvgIpc) is 3.80. The summed E-state index contributed by atoms with van der Waals surface area (Å²) in [6.45, 7) is 0. The number of fused-ring (bicyclic) bond motifs is 6. The van der Waals surface area contributed by atoms with Crippen molar-refractivity contribution in [3.63, 3.8) is 0 Å². The molecule has 0 spiro atoms. The summed E-state index contributed by atoms with van der Waals surface area (Å²) in [5, 5.41) is 13.2. The number of aromatic nitrogens is 2. The predicted octanol–water partition coefficient (Wildman–Crippen LogP) is 12.4. The quantitative estimate of drug-likeness (QED) is 0.167. The van der Waals surface area contributed by atoms with E-state index in [2.05, 4.69) is 202 Å². The fourth-order valence-corrected chi connectivity index (χ4v) is 9.70. The normalized spacial score (nSPS) is 20.9. The summed E-state index contributed by atoms with van der Waals surface area (Å²) in [6, 6.07) is 51.6. The molecule has 1 aliphatic heterocycles. The molecule has 0 fully saturated rings. The van der Waals surface area contributed by atoms with Gasteiger partial charge in [0, 0.05) is 56.0 Å². The highest BCUT2D eigenvalue weighted by atomic mass is 15.2. The summed E-state index contributed by atoms with van der Waals surface area (Å²) in [7, 11) is 0. The SMILES string of the molecule is C1=CCC(C2NC(c3ccccc3C3C=CCCC3)=CC(c3cc(-n4c5ccccc5c5ccccc54)cc(-n4c5ccccc5c5ccccc54)c3)N2)C=C1. The van der Waals surface area contributed by atoms with Crippen LogP contribution >= 0.6 is 0 Å². The van der Waals surface area contributed by atoms with Crippen molar-refractivity contribution < 1.29 is 0 Å². The van der Waals surface area contributed by atoms with Crippen molar-refractivity contribution in [3.8, 4) is 11.4 Å². The van der Waals surface area contributed by atoms with Gasteiger partial charge in [-0.1, -0.05) is 134 Å². The van der Waals surface area contributed by atoms with Gasteiger partial charge in [0.15, 0.2) is 0 Å². The highest BCUT2D eigenvalue weighted by molar-refractivity contribution is 6.10. The Morgan fingerprint density at radius 3 is 1.68 bits per heavy atom. The predicted molar refractivity (Wildman–Crippen MR) is 234 cm³/mol. The Bertz CT molecular complexity index is 2680. The van der Waals surface area contributed by atoms with E-state index in [1.54, 1.807) is 0 Å². The molecule has 11 rings (SSSR count). The zero-order chi connectivity index (χ0) is 37.0. The van der Waals surface area contributed by atoms with Crippen LogP contribution in [0.4, 0.5) is 0 Å². The van der Waals surface area contributed by atoms with Crippen molar-refractivity contribution in [2.24, 2.45) is 5.92 Å². The molecule has 4 heteroatoms. The van der Waals surface area contributed by atoms with Gasteiger partial charge in [0.2, 0.25) is 0 Å². The first kappa shape index (κ1) is 33.0. The lowest BCUT2D eigenvalue weighted by atomic mass is 9.84. The van der Waals surface area contributed by atoms with Crippen molar-refractivity contribution in [1.82, 2.24) is 19.8 Å². The lowest BCUT2D eigenvalue weighted by Crippen LogP contribution is -2.50. The van der Waals surface area contributed by atoms with Gasteiger partial charge in [-0.3, -0.25) is 5.32 Å². The van der Waals surface area contributed by atoms with Gasteiger partial charge in [-0.2, -0.15) is 0 Å². The second-order valence-electron chi connectivity index (χ2n) is 15.6. The maximum atomic E-state index is 4.13. The third-order valence-electron chi connectivity index (χ3n) is 12.3. The van der Waals surface area contributed by atoms with Crippen LogP contribution in [0.2, 0.25) is 0 Å². The van der Waals surface area contributed by atoms with Crippen LogP contribution in [0.25, 0.3) is 60.7 Å². The third-order valence-corrected chi connectivity index (χ3v) is 12.3. The first-order valence-corrected chi connectivity index (χ1v) is 20.2. The topological polar surface area (TPSA) is 33.9 Å². The smallest absolute Gasteiger partial charge is 0.0842 e. The van der Waals surface area contributed by atoms with E-state index in [-0.39, 0.29) is 12.2 Å². The second-order valence-corrected chi connectivity index (χ2v) is 15.6. The molecule has 4 unspecified atom stereocenters. The summed E-state index contributed by atoms with van der Waals surface area (Å²) in [6.07, 6.45) is 20.9. The summed E-state index contributed by atoms with van der Waals surface area (Å²) >= 11 is 0. The van der Waals surface area contributed by atoms with Crippen molar-refractivity contribution >= 4 is 49.3 Å². The van der Waals surface area contributed by atoms with E-state index in [9.17, 15) is 0 Å². The Labute approximate surface area is 327 Å². The van der Waals surface area contributed by atoms with Gasteiger partial charge in [-0.15, -0.1) is 0 Å². The minimum atomic E-state index is -0.0506. The molecule has 8 aromatic rings. The van der Waals surface area contributed by atoms with E-state index < -0.39 is 0 Å². The fourth-order valence-electron chi connectivity index (χ4n) is 9.70. The maximum absolute atomic E-state index is 4.13. The number of para-hydroxylation sites is 4. The number of benzene rings is 6. The number of hydrogen-bond donors (Lipinski definition) is 2. The van der Waals surface area contributed by atoms with E-state index in [1.807, 2.05) is 0 Å². The highest BCUT2D eigenvalue weighted by Crippen LogP contribution is 2.40. The van der Waals surface area contributed by atoms with Gasteiger partial charge in [0.25, 0.3) is 0 Å². The Kier molecular flexibility index (Phi) is 8.10. The molecule has 2 N–H and O–H groups in total. The van der Waals surface area contributed by atoms with Crippen LogP contribution < -0.4 is 10.6 Å². The standard InChI is InChI=1S/C52H44N4/c1-3-17-35(18-4-1)40-21-7-8-22-41(40)47-34-46(53-52(54-47)36-19-5-2-6-20-36)37-31-38(55-48-27-13-9-23-42(48)43-24-10-14-28-49(43)55)33-39(32-37)56-50-29-15-11-25-44(50)45-26-12-16-30-51(45)56/h2-3,5-17,19,21-36,46,52-54H,1,4,18,20H2. The summed E-state index contributed by atoms with van der Waals surface area (Å²) in [4.78, 5) is 0. The van der Waals surface area contributed by atoms with Crippen LogP contribution in [0.5, 0.6) is 0 Å². The molecule has 6 aromatic carbocycles. The van der Waals surface area contributed by atoms with Crippen molar-refractivity contribution in [2.75, 3.05) is 0 Å². The van der Waals surface area contributed by atoms with Crippen molar-refractivity contribution in [2.45, 2.75) is 43.8 Å². The zero-order valence-corrected chi connectivity index (χ0v) is 31.4. The molecule has 0 saturated carbocycles. The number of nitrogens with zero attached hydrogens (tertiary/aromatic N) is 2. The van der Waals surface area contributed by atoms with E-state index in [1.165, 1.54) is 85.3 Å². The second kappa shape index (κ2) is 13.7. The van der Waals surface area contributed by atoms with Crippen LogP contribution in [-0.4, -0.2) is 15.3 Å². The van der Waals surface area contributed by atoms with Gasteiger partial charge in [-0.25, -0.2) is 0 Å². The molecule has 2 aliphatic carbocycles. The maximum Gasteiger partial charge on any atom is 0.0842 e. The van der Waals surface area contributed by atoms with Gasteiger partial charge in [0.1, 0.15) is 0 Å². The first-order chi connectivity index (χ1) is 27.8. The number of nitrogens with one attached hydrogen (secondary N) is 2. The van der Waals surface area contributed by atoms with Crippen LogP contribution in [0.3, 0.4) is 0 Å². The fraction of sp³-hybridized carbons (Fsp3) is 0.154. The Hall–Kier alpha value is -6.36. The van der Waals surface area contributed by atoms with E-state index in [0.29, 0.717) is 11.8 Å². The van der Waals surface area contributed by atoms with Gasteiger partial charge < -0.3 is 14.5 Å². The Balaban J connectivity index is 1.16. The molecule has 3 heterocycles. The first-order valence-electron chi connectivity index (χ1n) is 20.2. The van der Waals surface area contributed by atoms with Crippen LogP contribution in [-0.2, 0) is 0 Å². The highest BCUT2D eigenvalue weighted by Gasteiger charge is 2.30. The van der Waals surface area contributed by atoms with Crippen LogP contribution in [0, 0.1) is 5.92 Å². The summed E-state index contributed by atoms with van der Waals surface area (Å²) in [5.74, 6) is 0.734. The van der Waals surface area contributed by atoms with Gasteiger partial charge >= 0.3 is 0 Å². The number of rotatable bonds is 6. The third kappa shape index (κ3) is 5.55. The van der Waals surface area contributed by atoms with E-state index in [4.69, 9.17) is 0 Å². The molecular formula is C52H44N4. The van der Waals surface area contributed by atoms with E-state index in [0.717, 1.165) is 17.8 Å². The molecule has 272 valence electrons. The molecule has 56 heavy (non-hydrogen) atoms. The minimum absolute atomic E-state index is 0.0461. The van der Waals surface area contributed by atoms with Crippen molar-refractivity contribution in [3.05, 3.63) is 199 Å². The van der Waals surface area contributed by atoms with Crippen LogP contribution in [0.1, 0.15) is 54.3 Å². The molecule has 0 saturated heterocycles. The van der Waals surface area contributed by atoms with Gasteiger partial charge in [0.05, 0.1) is 34.3 Å². The molecule has 4 nitrogen and oxygen atoms in total. The zero-order valence-electron chi connectivity index (χ0n) is 31.4. The minimum Gasteiger partial charge on any atom is -0.369 e. The molecule has 4 atom stereocenters. The molecule has 2 aromatic heterocycles. The molecule has 0 amide bonds. The summed E-state index contributed by atoms with van der Waals surface area (Å²) in [5.41, 5.74) is 12.3. The number of allylic oxidation sites excluding steroid dienone is 5. The Morgan fingerprint density at radius 1 is 0.554 bits per heavy atom. The lowest BCUT2D eigenvalue weighted by molar-refractivity contribution is 0.346. The average molecular weight is 725 g/mol. The summed E-state index contributed by atoms with van der Waals surface area (Å²) < 4.78 is 4.93. The Morgan fingerprint density at radius 2 is 1.12 bits per heavy atom. The van der Waals surface area contributed by atoms with Gasteiger partial charge in [-0.05, 0) is 85.4 Å². The monoisotopic (exact) mass is 724 g/mol. The molecule has 0 radical (unpaired) electrons. The molecule has 3 aliphatic rings.